The summed E-state index contributed by atoms with van der Waals surface area (Å²) in [7, 11) is 0. The molecule has 2 aliphatic rings. The number of nitrogens with one attached hydrogen (secondary N) is 1. The molecule has 92 valence electrons. The number of allylic oxidation sites excluding steroid dienone is 1. The summed E-state index contributed by atoms with van der Waals surface area (Å²) in [6, 6.07) is 17.9. The topological polar surface area (TPSA) is 12.0 Å². The van der Waals surface area contributed by atoms with E-state index in [9.17, 15) is 0 Å². The Kier molecular flexibility index (Phi) is 5.03. The van der Waals surface area contributed by atoms with Gasteiger partial charge in [-0.3, -0.25) is 0 Å². The minimum absolute atomic E-state index is 0. The zero-order chi connectivity index (χ0) is 11.9. The first-order valence-electron chi connectivity index (χ1n) is 6.53. The first kappa shape index (κ1) is 15.7. The van der Waals surface area contributed by atoms with Gasteiger partial charge in [-0.15, -0.1) is 0 Å². The third kappa shape index (κ3) is 2.46. The Hall–Kier alpha value is -0.665. The Morgan fingerprint density at radius 3 is 2.45 bits per heavy atom. The van der Waals surface area contributed by atoms with Gasteiger partial charge in [0.25, 0.3) is 0 Å². The largest absolute Gasteiger partial charge is 1.00 e. The minimum Gasteiger partial charge on any atom is -1.00 e. The van der Waals surface area contributed by atoms with Crippen LogP contribution in [0.2, 0.25) is 0 Å². The summed E-state index contributed by atoms with van der Waals surface area (Å²) >= 11 is 0. The van der Waals surface area contributed by atoms with Crippen molar-refractivity contribution in [2.75, 3.05) is 0 Å². The number of benzene rings is 2. The van der Waals surface area contributed by atoms with Gasteiger partial charge in [0.15, 0.2) is 0 Å². The van der Waals surface area contributed by atoms with Gasteiger partial charge in [-0.05, 0) is 34.2 Å². The number of hydrogen-bond donors (Lipinski definition) is 1. The molecule has 0 saturated carbocycles. The Labute approximate surface area is 147 Å². The molecule has 0 bridgehead atoms. The predicted octanol–water partition coefficient (Wildman–Crippen LogP) is -2.30. The fourth-order valence-electron chi connectivity index (χ4n) is 3.16. The molecule has 0 amide bonds. The normalized spacial score (nSPS) is 18.4. The van der Waals surface area contributed by atoms with Gasteiger partial charge < -0.3 is 8.17 Å². The van der Waals surface area contributed by atoms with Gasteiger partial charge in [0.1, 0.15) is 0 Å². The second-order valence-corrected chi connectivity index (χ2v) is 5.03. The van der Waals surface area contributed by atoms with Crippen LogP contribution in [0.25, 0.3) is 5.57 Å². The predicted molar refractivity (Wildman–Crippen MR) is 76.4 cm³/mol. The van der Waals surface area contributed by atoms with Crippen molar-refractivity contribution in [1.82, 2.24) is 5.32 Å². The van der Waals surface area contributed by atoms with Gasteiger partial charge >= 0.3 is 37.7 Å². The monoisotopic (exact) mass is 249 g/mol. The molecule has 0 radical (unpaired) electrons. The van der Waals surface area contributed by atoms with E-state index in [1.807, 2.05) is 0 Å². The molecule has 4 rings (SSSR count). The Morgan fingerprint density at radius 2 is 1.60 bits per heavy atom. The van der Waals surface area contributed by atoms with E-state index in [-0.39, 0.29) is 40.6 Å². The Morgan fingerprint density at radius 1 is 0.900 bits per heavy atom. The van der Waals surface area contributed by atoms with Gasteiger partial charge in [0.05, 0.1) is 6.04 Å². The molecule has 20 heavy (non-hydrogen) atoms. The van der Waals surface area contributed by atoms with Gasteiger partial charge in [-0.2, -0.15) is 0 Å². The average Bonchev–Trinajstić information content (AvgIpc) is 3.01. The maximum absolute atomic E-state index is 3.64. The van der Waals surface area contributed by atoms with Crippen molar-refractivity contribution in [1.29, 1.82) is 0 Å². The number of hydrogen-bond acceptors (Lipinski definition) is 1. The van der Waals surface area contributed by atoms with Crippen LogP contribution in [0.4, 0.5) is 0 Å². The quantitative estimate of drug-likeness (QED) is 0.561. The summed E-state index contributed by atoms with van der Waals surface area (Å²) in [4.78, 5) is 0. The van der Waals surface area contributed by atoms with Crippen LogP contribution >= 0.6 is 0 Å². The first-order chi connectivity index (χ1) is 8.93. The van der Waals surface area contributed by atoms with E-state index >= 15 is 0 Å². The van der Waals surface area contributed by atoms with E-state index in [1.165, 1.54) is 27.8 Å². The van der Waals surface area contributed by atoms with Crippen LogP contribution in [-0.4, -0.2) is 0 Å². The third-order valence-corrected chi connectivity index (χ3v) is 4.04. The first-order valence-corrected chi connectivity index (χ1v) is 6.53. The molecular weight excluding hydrogens is 232 g/mol. The maximum atomic E-state index is 3.64. The van der Waals surface area contributed by atoms with E-state index in [0.717, 1.165) is 13.0 Å². The smallest absolute Gasteiger partial charge is 1.00 e. The summed E-state index contributed by atoms with van der Waals surface area (Å²) in [5.41, 5.74) is 7.22. The van der Waals surface area contributed by atoms with Gasteiger partial charge in [0.2, 0.25) is 0 Å². The van der Waals surface area contributed by atoms with E-state index in [4.69, 9.17) is 0 Å². The molecular formula is C17H17Li2N. The summed E-state index contributed by atoms with van der Waals surface area (Å²) < 4.78 is 0. The fourth-order valence-corrected chi connectivity index (χ4v) is 3.16. The fraction of sp³-hybridized carbons (Fsp3) is 0.176. The van der Waals surface area contributed by atoms with E-state index in [0.29, 0.717) is 6.04 Å². The Balaban J connectivity index is 0.00000110. The van der Waals surface area contributed by atoms with Crippen LogP contribution in [0.5, 0.6) is 0 Å². The second kappa shape index (κ2) is 6.40. The van der Waals surface area contributed by atoms with Crippen molar-refractivity contribution in [2.24, 2.45) is 0 Å². The summed E-state index contributed by atoms with van der Waals surface area (Å²) in [6.07, 6.45) is 3.45. The van der Waals surface area contributed by atoms with Crippen molar-refractivity contribution >= 4 is 5.57 Å². The molecule has 0 spiro atoms. The van der Waals surface area contributed by atoms with Gasteiger partial charge in [-0.25, -0.2) is 0 Å². The molecule has 1 unspecified atom stereocenters. The molecule has 0 aromatic heterocycles. The van der Waals surface area contributed by atoms with E-state index in [1.54, 1.807) is 0 Å². The zero-order valence-electron chi connectivity index (χ0n) is 14.2. The number of rotatable bonds is 1. The van der Waals surface area contributed by atoms with Gasteiger partial charge in [-0.1, -0.05) is 54.6 Å². The van der Waals surface area contributed by atoms with Crippen molar-refractivity contribution in [3.05, 3.63) is 76.9 Å². The summed E-state index contributed by atoms with van der Waals surface area (Å²) in [5, 5.41) is 3.64. The second-order valence-electron chi connectivity index (χ2n) is 5.03. The van der Waals surface area contributed by atoms with Crippen LogP contribution in [0.15, 0.2) is 54.6 Å². The molecule has 2 aromatic carbocycles. The molecule has 0 saturated heterocycles. The van der Waals surface area contributed by atoms with Crippen molar-refractivity contribution in [3.8, 4) is 0 Å². The number of fused-ring (bicyclic) bond motifs is 2. The molecule has 3 heteroatoms. The molecule has 1 nitrogen and oxygen atoms in total. The van der Waals surface area contributed by atoms with Crippen molar-refractivity contribution in [3.63, 3.8) is 0 Å². The third-order valence-electron chi connectivity index (χ3n) is 4.04. The van der Waals surface area contributed by atoms with Crippen LogP contribution in [-0.2, 0) is 13.0 Å². The molecule has 1 N–H and O–H groups in total. The van der Waals surface area contributed by atoms with E-state index in [2.05, 4.69) is 59.9 Å². The molecule has 1 aliphatic heterocycles. The zero-order valence-corrected chi connectivity index (χ0v) is 12.2. The van der Waals surface area contributed by atoms with Crippen molar-refractivity contribution < 1.29 is 40.6 Å². The van der Waals surface area contributed by atoms with Crippen LogP contribution < -0.4 is 43.0 Å². The molecule has 2 aromatic rings. The molecule has 1 heterocycles. The SMILES string of the molecule is C1=C(C2NCc3ccccc32)c2ccccc2C1.[H-].[H-].[Li+].[Li+]. The van der Waals surface area contributed by atoms with Crippen LogP contribution in [0, 0.1) is 0 Å². The van der Waals surface area contributed by atoms with E-state index < -0.39 is 0 Å². The standard InChI is InChI=1S/C17H15N.2Li.2H/c1-3-7-14-12(5-1)9-10-16(14)17-15-8-4-2-6-13(15)11-18-17;;;;/h1-8,10,17-18H,9,11H2;;;;/q;2*+1;2*-1. The maximum Gasteiger partial charge on any atom is 1.00 e. The van der Waals surface area contributed by atoms with Crippen molar-refractivity contribution in [2.45, 2.75) is 19.0 Å². The van der Waals surface area contributed by atoms with Crippen LogP contribution in [0.1, 0.15) is 31.1 Å². The van der Waals surface area contributed by atoms with Crippen LogP contribution in [0.3, 0.4) is 0 Å². The van der Waals surface area contributed by atoms with Gasteiger partial charge in [0, 0.05) is 6.54 Å². The molecule has 1 aliphatic carbocycles. The molecule has 0 fully saturated rings. The summed E-state index contributed by atoms with van der Waals surface area (Å²) in [5.74, 6) is 0. The molecule has 1 atom stereocenters. The average molecular weight is 249 g/mol. The summed E-state index contributed by atoms with van der Waals surface area (Å²) in [6.45, 7) is 0.986. The minimum atomic E-state index is 0. The Bertz CT molecular complexity index is 659.